The van der Waals surface area contributed by atoms with Crippen molar-refractivity contribution in [3.05, 3.63) is 112 Å². The molecule has 0 bridgehead atoms. The summed E-state index contributed by atoms with van der Waals surface area (Å²) in [6.45, 7) is 9.09. The lowest BCUT2D eigenvalue weighted by Crippen LogP contribution is -2.54. The van der Waals surface area contributed by atoms with E-state index in [9.17, 15) is 29.6 Å². The maximum absolute atomic E-state index is 13.1. The topological polar surface area (TPSA) is 205 Å². The van der Waals surface area contributed by atoms with Crippen molar-refractivity contribution in [3.8, 4) is 22.9 Å². The summed E-state index contributed by atoms with van der Waals surface area (Å²) in [4.78, 5) is 59.5. The zero-order valence-corrected chi connectivity index (χ0v) is 37.7. The van der Waals surface area contributed by atoms with Crippen LogP contribution in [0.5, 0.6) is 5.75 Å². The second-order valence-electron chi connectivity index (χ2n) is 16.7. The Hall–Kier alpha value is -6.42. The lowest BCUT2D eigenvalue weighted by molar-refractivity contribution is -0.955. The summed E-state index contributed by atoms with van der Waals surface area (Å²) in [6.07, 6.45) is 4.45. The number of anilines is 2. The molecule has 2 unspecified atom stereocenters. The Morgan fingerprint density at radius 1 is 0.892 bits per heavy atom. The Kier molecular flexibility index (Phi) is 14.5. The van der Waals surface area contributed by atoms with Crippen LogP contribution in [-0.2, 0) is 24.5 Å². The van der Waals surface area contributed by atoms with E-state index in [-0.39, 0.29) is 35.3 Å². The van der Waals surface area contributed by atoms with Crippen LogP contribution >= 0.6 is 12.8 Å². The van der Waals surface area contributed by atoms with Crippen LogP contribution in [0.1, 0.15) is 88.9 Å². The third kappa shape index (κ3) is 11.1. The maximum Gasteiger partial charge on any atom is 0.273 e. The molecule has 0 spiro atoms. The SMILES string of the molecule is Cc1cc(C(C)(C)c2ccc(-c3ccc4nc(N[N+](C)(O)S)ncc4c3)cc2)cc(C#N)c1OCCCCCOCCOCCNc1ccc2c(c1)C(=O)N(C1CCC(=O)NC1=O)C2=O. The fourth-order valence-electron chi connectivity index (χ4n) is 7.94. The molecule has 5 aromatic rings. The number of carbonyl (C=O) groups excluding carboxylic acids is 4. The minimum absolute atomic E-state index is 0.0676. The van der Waals surface area contributed by atoms with Gasteiger partial charge in [0.15, 0.2) is 0 Å². The maximum atomic E-state index is 13.1. The smallest absolute Gasteiger partial charge is 0.273 e. The van der Waals surface area contributed by atoms with Crippen molar-refractivity contribution in [2.24, 2.45) is 0 Å². The number of aryl methyl sites for hydroxylation is 1. The number of hydrogen-bond acceptors (Lipinski definition) is 14. The predicted octanol–water partition coefficient (Wildman–Crippen LogP) is 6.91. The van der Waals surface area contributed by atoms with E-state index in [2.05, 4.69) is 89.1 Å². The van der Waals surface area contributed by atoms with Crippen LogP contribution in [0.15, 0.2) is 79.0 Å². The molecule has 65 heavy (non-hydrogen) atoms. The number of quaternary nitrogens is 1. The fraction of sp³-hybridized carbons (Fsp3) is 0.354. The molecular weight excluding hydrogens is 849 g/mol. The number of nitrogens with zero attached hydrogens (tertiary/aromatic N) is 5. The Morgan fingerprint density at radius 2 is 1.62 bits per heavy atom. The van der Waals surface area contributed by atoms with Crippen LogP contribution in [0.3, 0.4) is 0 Å². The summed E-state index contributed by atoms with van der Waals surface area (Å²) >= 11 is 4.01. The second kappa shape index (κ2) is 20.2. The van der Waals surface area contributed by atoms with Gasteiger partial charge in [0.1, 0.15) is 37.7 Å². The normalized spacial score (nSPS) is 16.0. The number of thiol groups is 1. The van der Waals surface area contributed by atoms with E-state index in [1.165, 1.54) is 7.05 Å². The van der Waals surface area contributed by atoms with E-state index < -0.39 is 33.8 Å². The van der Waals surface area contributed by atoms with Gasteiger partial charge in [0.2, 0.25) is 11.8 Å². The number of amides is 4. The number of nitrogens with one attached hydrogen (secondary N) is 3. The van der Waals surface area contributed by atoms with Gasteiger partial charge in [-0.3, -0.25) is 29.4 Å². The molecule has 3 heterocycles. The zero-order chi connectivity index (χ0) is 46.3. The molecule has 1 aromatic heterocycles. The molecule has 338 valence electrons. The molecule has 0 saturated carbocycles. The van der Waals surface area contributed by atoms with Gasteiger partial charge in [-0.1, -0.05) is 50.2 Å². The van der Waals surface area contributed by atoms with Gasteiger partial charge >= 0.3 is 0 Å². The Balaban J connectivity index is 0.792. The van der Waals surface area contributed by atoms with Crippen LogP contribution in [0, 0.1) is 18.3 Å². The van der Waals surface area contributed by atoms with E-state index in [0.717, 1.165) is 62.9 Å². The number of benzene rings is 4. The summed E-state index contributed by atoms with van der Waals surface area (Å²) < 4.78 is 16.8. The largest absolute Gasteiger partial charge is 0.492 e. The molecule has 7 rings (SSSR count). The number of unbranched alkanes of at least 4 members (excludes halogenated alkanes) is 2. The van der Waals surface area contributed by atoms with Gasteiger partial charge in [-0.15, -0.1) is 0 Å². The van der Waals surface area contributed by atoms with Crippen LogP contribution in [-0.4, -0.2) is 101 Å². The third-order valence-electron chi connectivity index (χ3n) is 11.5. The van der Waals surface area contributed by atoms with Gasteiger partial charge < -0.3 is 19.5 Å². The van der Waals surface area contributed by atoms with E-state index in [1.807, 2.05) is 31.2 Å². The van der Waals surface area contributed by atoms with Gasteiger partial charge in [-0.25, -0.2) is 9.97 Å². The van der Waals surface area contributed by atoms with Crippen LogP contribution < -0.4 is 20.8 Å². The number of carbonyl (C=O) groups is 4. The van der Waals surface area contributed by atoms with Crippen molar-refractivity contribution in [3.63, 3.8) is 0 Å². The van der Waals surface area contributed by atoms with E-state index >= 15 is 0 Å². The molecule has 2 aliphatic heterocycles. The number of rotatable bonds is 20. The van der Waals surface area contributed by atoms with Crippen molar-refractivity contribution >= 4 is 59.0 Å². The number of piperidine rings is 1. The third-order valence-corrected chi connectivity index (χ3v) is 11.6. The first-order valence-electron chi connectivity index (χ1n) is 21.5. The highest BCUT2D eigenvalue weighted by Gasteiger charge is 2.44. The number of ether oxygens (including phenoxy) is 3. The number of nitriles is 1. The molecule has 4 aromatic carbocycles. The lowest BCUT2D eigenvalue weighted by Gasteiger charge is -2.28. The molecule has 4 amide bonds. The molecule has 0 radical (unpaired) electrons. The number of imide groups is 2. The summed E-state index contributed by atoms with van der Waals surface area (Å²) in [5.41, 5.74) is 9.74. The lowest BCUT2D eigenvalue weighted by atomic mass is 9.76. The average Bonchev–Trinajstić information content (AvgIpc) is 3.52. The zero-order valence-electron chi connectivity index (χ0n) is 36.8. The molecular formula is C48H53N8O8S+. The molecule has 0 aliphatic carbocycles. The molecule has 4 N–H and O–H groups in total. The molecule has 1 saturated heterocycles. The summed E-state index contributed by atoms with van der Waals surface area (Å²) in [7, 11) is 1.44. The molecule has 2 atom stereocenters. The summed E-state index contributed by atoms with van der Waals surface area (Å²) in [6, 6.07) is 24.6. The first-order valence-corrected chi connectivity index (χ1v) is 21.9. The van der Waals surface area contributed by atoms with Crippen molar-refractivity contribution in [2.45, 2.75) is 64.3 Å². The van der Waals surface area contributed by atoms with E-state index in [0.29, 0.717) is 56.6 Å². The van der Waals surface area contributed by atoms with Crippen LogP contribution in [0.2, 0.25) is 0 Å². The quantitative estimate of drug-likeness (QED) is 0.0177. The number of hydroxylamine groups is 1. The van der Waals surface area contributed by atoms with Gasteiger partial charge in [0.05, 0.1) is 48.6 Å². The van der Waals surface area contributed by atoms with Crippen LogP contribution in [0.25, 0.3) is 22.0 Å². The number of fused-ring (bicyclic) bond motifs is 2. The summed E-state index contributed by atoms with van der Waals surface area (Å²) in [5, 5.41) is 26.2. The van der Waals surface area contributed by atoms with Crippen molar-refractivity contribution in [1.29, 1.82) is 5.26 Å². The van der Waals surface area contributed by atoms with Crippen molar-refractivity contribution < 1.29 is 42.8 Å². The van der Waals surface area contributed by atoms with E-state index in [4.69, 9.17) is 14.2 Å². The summed E-state index contributed by atoms with van der Waals surface area (Å²) in [5.74, 6) is -1.27. The molecule has 2 aliphatic rings. The van der Waals surface area contributed by atoms with Gasteiger partial charge in [-0.2, -0.15) is 15.9 Å². The van der Waals surface area contributed by atoms with Gasteiger partial charge in [0, 0.05) is 42.3 Å². The van der Waals surface area contributed by atoms with Crippen molar-refractivity contribution in [2.75, 3.05) is 57.4 Å². The molecule has 16 nitrogen and oxygen atoms in total. The number of hydrogen-bond donors (Lipinski definition) is 5. The Labute approximate surface area is 383 Å². The second-order valence-corrected chi connectivity index (χ2v) is 17.5. The monoisotopic (exact) mass is 901 g/mol. The minimum atomic E-state index is -1.00. The standard InChI is InChI=1S/C48H52N8O8S/c1-30-24-36(48(2,3)35-11-8-31(9-12-35)32-10-15-40-34(25-32)29-51-47(52-40)54-56(4,61)65)26-33(28-49)43(30)64-20-7-5-6-19-62-22-23-63-21-18-50-37-13-14-38-39(27-37)46(60)55(45(38)59)41-16-17-42(57)53-44(41)58/h8-15,24-27,29,41,61,65H,5-7,16-23H2,1-4H3,(H2-,50,51,52,53,54,57,58,59)/p+1. The minimum Gasteiger partial charge on any atom is -0.492 e. The first-order chi connectivity index (χ1) is 31.1. The highest BCUT2D eigenvalue weighted by atomic mass is 32.1. The van der Waals surface area contributed by atoms with Gasteiger partial charge in [-0.05, 0) is 101 Å². The Morgan fingerprint density at radius 3 is 2.35 bits per heavy atom. The Bertz CT molecular complexity index is 2640. The highest BCUT2D eigenvalue weighted by molar-refractivity contribution is 7.74. The van der Waals surface area contributed by atoms with E-state index in [1.54, 1.807) is 24.4 Å². The fourth-order valence-corrected chi connectivity index (χ4v) is 8.03. The molecule has 1 fully saturated rings. The molecule has 17 heteroatoms. The van der Waals surface area contributed by atoms with Crippen LogP contribution in [0.4, 0.5) is 11.6 Å². The average molecular weight is 902 g/mol. The van der Waals surface area contributed by atoms with Crippen molar-refractivity contribution in [1.82, 2.24) is 20.2 Å². The van der Waals surface area contributed by atoms with Gasteiger partial charge in [0.25, 0.3) is 17.8 Å². The highest BCUT2D eigenvalue weighted by Crippen LogP contribution is 2.37. The first kappa shape index (κ1) is 46.6. The number of aromatic nitrogens is 2. The predicted molar refractivity (Wildman–Crippen MR) is 246 cm³/mol.